The van der Waals surface area contributed by atoms with E-state index >= 15 is 0 Å². The summed E-state index contributed by atoms with van der Waals surface area (Å²) in [6.07, 6.45) is 1.29. The van der Waals surface area contributed by atoms with Crippen molar-refractivity contribution in [1.29, 1.82) is 0 Å². The first-order valence-electron chi connectivity index (χ1n) is 6.08. The molecule has 88 valence electrons. The van der Waals surface area contributed by atoms with Gasteiger partial charge in [0.05, 0.1) is 6.61 Å². The molecule has 0 radical (unpaired) electrons. The Kier molecular flexibility index (Phi) is 3.20. The van der Waals surface area contributed by atoms with Gasteiger partial charge in [-0.05, 0) is 56.0 Å². The standard InChI is InChI=1S/C14H21NO/c1-4-16-13-7-5-11(6-8-13)14(2)9-12(14)10-15-3/h5-8,12,15H,4,9-10H2,1-3H3. The average molecular weight is 219 g/mol. The van der Waals surface area contributed by atoms with E-state index in [1.165, 1.54) is 12.0 Å². The molecule has 1 saturated carbocycles. The van der Waals surface area contributed by atoms with Crippen molar-refractivity contribution in [2.24, 2.45) is 5.92 Å². The van der Waals surface area contributed by atoms with Crippen LogP contribution in [0.1, 0.15) is 25.8 Å². The Morgan fingerprint density at radius 2 is 2.06 bits per heavy atom. The Balaban J connectivity index is 2.05. The maximum Gasteiger partial charge on any atom is 0.119 e. The lowest BCUT2D eigenvalue weighted by atomic mass is 9.95. The lowest BCUT2D eigenvalue weighted by Crippen LogP contribution is -2.15. The number of hydrogen-bond donors (Lipinski definition) is 1. The number of hydrogen-bond acceptors (Lipinski definition) is 2. The molecule has 1 fully saturated rings. The van der Waals surface area contributed by atoms with Crippen LogP contribution in [0.15, 0.2) is 24.3 Å². The predicted octanol–water partition coefficient (Wildman–Crippen LogP) is 2.58. The minimum Gasteiger partial charge on any atom is -0.494 e. The van der Waals surface area contributed by atoms with Gasteiger partial charge in [0, 0.05) is 0 Å². The van der Waals surface area contributed by atoms with Gasteiger partial charge in [-0.3, -0.25) is 0 Å². The molecule has 0 saturated heterocycles. The molecule has 2 nitrogen and oxygen atoms in total. The fourth-order valence-electron chi connectivity index (χ4n) is 2.45. The van der Waals surface area contributed by atoms with Crippen LogP contribution in [0.5, 0.6) is 5.75 Å². The predicted molar refractivity (Wildman–Crippen MR) is 67.0 cm³/mol. The highest BCUT2D eigenvalue weighted by Gasteiger charge is 2.50. The Bertz CT molecular complexity index is 346. The summed E-state index contributed by atoms with van der Waals surface area (Å²) in [5, 5.41) is 3.26. The molecular weight excluding hydrogens is 198 g/mol. The quantitative estimate of drug-likeness (QED) is 0.822. The van der Waals surface area contributed by atoms with E-state index in [1.54, 1.807) is 0 Å². The first-order chi connectivity index (χ1) is 7.70. The van der Waals surface area contributed by atoms with Gasteiger partial charge in [-0.1, -0.05) is 19.1 Å². The summed E-state index contributed by atoms with van der Waals surface area (Å²) in [4.78, 5) is 0. The summed E-state index contributed by atoms with van der Waals surface area (Å²) in [7, 11) is 2.02. The second-order valence-corrected chi connectivity index (χ2v) is 4.83. The Morgan fingerprint density at radius 3 is 2.62 bits per heavy atom. The number of ether oxygens (including phenoxy) is 1. The molecule has 0 amide bonds. The summed E-state index contributed by atoms with van der Waals surface area (Å²) >= 11 is 0. The first kappa shape index (κ1) is 11.5. The van der Waals surface area contributed by atoms with Crippen molar-refractivity contribution in [3.8, 4) is 5.75 Å². The number of rotatable bonds is 5. The molecule has 1 N–H and O–H groups in total. The number of benzene rings is 1. The highest BCUT2D eigenvalue weighted by atomic mass is 16.5. The molecule has 2 heteroatoms. The van der Waals surface area contributed by atoms with Gasteiger partial charge in [0.2, 0.25) is 0 Å². The summed E-state index contributed by atoms with van der Waals surface area (Å²) in [5.74, 6) is 1.76. The highest BCUT2D eigenvalue weighted by molar-refractivity contribution is 5.37. The molecule has 2 unspecified atom stereocenters. The largest absolute Gasteiger partial charge is 0.494 e. The molecule has 0 heterocycles. The van der Waals surface area contributed by atoms with Crippen molar-refractivity contribution in [2.75, 3.05) is 20.2 Å². The van der Waals surface area contributed by atoms with Crippen molar-refractivity contribution in [2.45, 2.75) is 25.7 Å². The van der Waals surface area contributed by atoms with E-state index in [2.05, 4.69) is 36.5 Å². The Hall–Kier alpha value is -1.02. The van der Waals surface area contributed by atoms with Gasteiger partial charge >= 0.3 is 0 Å². The minimum atomic E-state index is 0.383. The fraction of sp³-hybridized carbons (Fsp3) is 0.571. The highest BCUT2D eigenvalue weighted by Crippen LogP contribution is 2.53. The molecule has 0 bridgehead atoms. The summed E-state index contributed by atoms with van der Waals surface area (Å²) < 4.78 is 5.46. The Morgan fingerprint density at radius 1 is 1.38 bits per heavy atom. The lowest BCUT2D eigenvalue weighted by Gasteiger charge is -2.12. The molecule has 16 heavy (non-hydrogen) atoms. The topological polar surface area (TPSA) is 21.3 Å². The van der Waals surface area contributed by atoms with Crippen molar-refractivity contribution in [3.63, 3.8) is 0 Å². The molecule has 0 aliphatic heterocycles. The molecule has 1 aromatic rings. The van der Waals surface area contributed by atoms with Gasteiger partial charge in [-0.15, -0.1) is 0 Å². The van der Waals surface area contributed by atoms with Crippen LogP contribution in [-0.2, 0) is 5.41 Å². The third kappa shape index (κ3) is 2.07. The lowest BCUT2D eigenvalue weighted by molar-refractivity contribution is 0.340. The van der Waals surface area contributed by atoms with E-state index in [9.17, 15) is 0 Å². The molecule has 2 rings (SSSR count). The smallest absolute Gasteiger partial charge is 0.119 e. The van der Waals surface area contributed by atoms with E-state index < -0.39 is 0 Å². The molecule has 2 atom stereocenters. The monoisotopic (exact) mass is 219 g/mol. The third-order valence-corrected chi connectivity index (χ3v) is 3.69. The zero-order valence-corrected chi connectivity index (χ0v) is 10.4. The zero-order valence-electron chi connectivity index (χ0n) is 10.4. The molecule has 0 spiro atoms. The van der Waals surface area contributed by atoms with E-state index in [0.29, 0.717) is 5.41 Å². The normalized spacial score (nSPS) is 27.8. The second-order valence-electron chi connectivity index (χ2n) is 4.83. The molecule has 1 aliphatic carbocycles. The minimum absolute atomic E-state index is 0.383. The van der Waals surface area contributed by atoms with Crippen LogP contribution in [-0.4, -0.2) is 20.2 Å². The van der Waals surface area contributed by atoms with Crippen LogP contribution in [0.25, 0.3) is 0 Å². The second kappa shape index (κ2) is 4.46. The Labute approximate surface area is 98.0 Å². The van der Waals surface area contributed by atoms with Crippen molar-refractivity contribution in [3.05, 3.63) is 29.8 Å². The fourth-order valence-corrected chi connectivity index (χ4v) is 2.45. The van der Waals surface area contributed by atoms with Gasteiger partial charge in [-0.25, -0.2) is 0 Å². The SMILES string of the molecule is CCOc1ccc(C2(C)CC2CNC)cc1. The van der Waals surface area contributed by atoms with Crippen LogP contribution >= 0.6 is 0 Å². The van der Waals surface area contributed by atoms with E-state index in [-0.39, 0.29) is 0 Å². The zero-order chi connectivity index (χ0) is 11.6. The van der Waals surface area contributed by atoms with E-state index in [0.717, 1.165) is 24.8 Å². The van der Waals surface area contributed by atoms with Gasteiger partial charge < -0.3 is 10.1 Å². The first-order valence-corrected chi connectivity index (χ1v) is 6.08. The van der Waals surface area contributed by atoms with Crippen LogP contribution < -0.4 is 10.1 Å². The van der Waals surface area contributed by atoms with Crippen molar-refractivity contribution >= 4 is 0 Å². The van der Waals surface area contributed by atoms with Gasteiger partial charge in [-0.2, -0.15) is 0 Å². The van der Waals surface area contributed by atoms with Gasteiger partial charge in [0.25, 0.3) is 0 Å². The molecule has 0 aromatic heterocycles. The molecule has 1 aliphatic rings. The van der Waals surface area contributed by atoms with Gasteiger partial charge in [0.1, 0.15) is 5.75 Å². The summed E-state index contributed by atoms with van der Waals surface area (Å²) in [6.45, 7) is 6.21. The van der Waals surface area contributed by atoms with Crippen LogP contribution in [0.2, 0.25) is 0 Å². The van der Waals surface area contributed by atoms with Gasteiger partial charge in [0.15, 0.2) is 0 Å². The molecular formula is C14H21NO. The summed E-state index contributed by atoms with van der Waals surface area (Å²) in [6, 6.07) is 8.58. The maximum absolute atomic E-state index is 5.46. The van der Waals surface area contributed by atoms with E-state index in [1.807, 2.05) is 14.0 Å². The van der Waals surface area contributed by atoms with Crippen molar-refractivity contribution < 1.29 is 4.74 Å². The van der Waals surface area contributed by atoms with Crippen LogP contribution in [0, 0.1) is 5.92 Å². The average Bonchev–Trinajstić information content (AvgIpc) is 2.93. The van der Waals surface area contributed by atoms with Crippen LogP contribution in [0.3, 0.4) is 0 Å². The molecule has 1 aromatic carbocycles. The number of nitrogens with one attached hydrogen (secondary N) is 1. The van der Waals surface area contributed by atoms with Crippen LogP contribution in [0.4, 0.5) is 0 Å². The maximum atomic E-state index is 5.46. The third-order valence-electron chi connectivity index (χ3n) is 3.69. The van der Waals surface area contributed by atoms with Crippen molar-refractivity contribution in [1.82, 2.24) is 5.32 Å². The van der Waals surface area contributed by atoms with E-state index in [4.69, 9.17) is 4.74 Å². The summed E-state index contributed by atoms with van der Waals surface area (Å²) in [5.41, 5.74) is 1.82.